The Kier molecular flexibility index (Phi) is 7.16. The average molecular weight is 346 g/mol. The van der Waals surface area contributed by atoms with Gasteiger partial charge in [0.05, 0.1) is 6.54 Å². The molecule has 5 nitrogen and oxygen atoms in total. The van der Waals surface area contributed by atoms with E-state index in [-0.39, 0.29) is 0 Å². The van der Waals surface area contributed by atoms with Crippen LogP contribution in [-0.4, -0.2) is 31.4 Å². The molecule has 1 amide bonds. The standard InChI is InChI=1S/C20H30N2O3/c1-20(2,3)25-19(23)21-13-14-24-18-11-9-17(10-12-18)22-15-16-7-5-4-6-8-16/h4-5,9-12,16,22H,6-8,13-15H2,1-3H3,(H,21,23). The van der Waals surface area contributed by atoms with Crippen molar-refractivity contribution in [2.45, 2.75) is 45.6 Å². The van der Waals surface area contributed by atoms with Crippen LogP contribution in [0.3, 0.4) is 0 Å². The number of hydrogen-bond donors (Lipinski definition) is 2. The van der Waals surface area contributed by atoms with Gasteiger partial charge in [-0.1, -0.05) is 12.2 Å². The van der Waals surface area contributed by atoms with Crippen molar-refractivity contribution < 1.29 is 14.3 Å². The molecule has 1 aromatic rings. The fourth-order valence-electron chi connectivity index (χ4n) is 2.61. The van der Waals surface area contributed by atoms with Gasteiger partial charge in [-0.2, -0.15) is 0 Å². The van der Waals surface area contributed by atoms with Crippen molar-refractivity contribution in [3.05, 3.63) is 36.4 Å². The molecular formula is C20H30N2O3. The number of amides is 1. The second-order valence-electron chi connectivity index (χ2n) is 7.33. The van der Waals surface area contributed by atoms with E-state index in [1.807, 2.05) is 45.0 Å². The lowest BCUT2D eigenvalue weighted by molar-refractivity contribution is 0.0520. The van der Waals surface area contributed by atoms with Crippen LogP contribution in [0, 0.1) is 5.92 Å². The summed E-state index contributed by atoms with van der Waals surface area (Å²) in [5.74, 6) is 1.51. The van der Waals surface area contributed by atoms with Gasteiger partial charge >= 0.3 is 6.09 Å². The third-order valence-corrected chi connectivity index (χ3v) is 3.87. The van der Waals surface area contributed by atoms with Crippen LogP contribution in [-0.2, 0) is 4.74 Å². The van der Waals surface area contributed by atoms with Crippen molar-refractivity contribution in [3.63, 3.8) is 0 Å². The monoisotopic (exact) mass is 346 g/mol. The summed E-state index contributed by atoms with van der Waals surface area (Å²) in [6, 6.07) is 7.93. The van der Waals surface area contributed by atoms with Crippen LogP contribution < -0.4 is 15.4 Å². The number of carbonyl (C=O) groups is 1. The van der Waals surface area contributed by atoms with Crippen molar-refractivity contribution in [2.75, 3.05) is 25.0 Å². The second-order valence-corrected chi connectivity index (χ2v) is 7.33. The molecule has 0 saturated heterocycles. The summed E-state index contributed by atoms with van der Waals surface area (Å²) in [7, 11) is 0. The van der Waals surface area contributed by atoms with Gasteiger partial charge in [-0.05, 0) is 70.2 Å². The zero-order valence-corrected chi connectivity index (χ0v) is 15.5. The summed E-state index contributed by atoms with van der Waals surface area (Å²) in [6.07, 6.45) is 7.73. The first-order valence-corrected chi connectivity index (χ1v) is 9.01. The highest BCUT2D eigenvalue weighted by molar-refractivity contribution is 5.67. The number of hydrogen-bond acceptors (Lipinski definition) is 4. The Hall–Kier alpha value is -2.17. The number of allylic oxidation sites excluding steroid dienone is 2. The van der Waals surface area contributed by atoms with Gasteiger partial charge in [-0.15, -0.1) is 0 Å². The molecule has 25 heavy (non-hydrogen) atoms. The van der Waals surface area contributed by atoms with Crippen LogP contribution in [0.4, 0.5) is 10.5 Å². The lowest BCUT2D eigenvalue weighted by Gasteiger charge is -2.19. The van der Waals surface area contributed by atoms with E-state index in [2.05, 4.69) is 22.8 Å². The zero-order valence-electron chi connectivity index (χ0n) is 15.5. The Morgan fingerprint density at radius 2 is 1.96 bits per heavy atom. The molecule has 5 heteroatoms. The minimum Gasteiger partial charge on any atom is -0.492 e. The van der Waals surface area contributed by atoms with Gasteiger partial charge in [-0.25, -0.2) is 4.79 Å². The van der Waals surface area contributed by atoms with E-state index < -0.39 is 11.7 Å². The SMILES string of the molecule is CC(C)(C)OC(=O)NCCOc1ccc(NCC2CC=CCC2)cc1. The number of rotatable bonds is 7. The Bertz CT molecular complexity index is 561. The fourth-order valence-corrected chi connectivity index (χ4v) is 2.61. The van der Waals surface area contributed by atoms with Crippen LogP contribution in [0.15, 0.2) is 36.4 Å². The van der Waals surface area contributed by atoms with Gasteiger partial charge in [0, 0.05) is 12.2 Å². The first-order chi connectivity index (χ1) is 11.9. The summed E-state index contributed by atoms with van der Waals surface area (Å²) in [6.45, 7) is 7.33. The molecule has 0 radical (unpaired) electrons. The Labute approximate surface area is 150 Å². The van der Waals surface area contributed by atoms with Crippen molar-refractivity contribution in [1.29, 1.82) is 0 Å². The Morgan fingerprint density at radius 3 is 2.60 bits per heavy atom. The van der Waals surface area contributed by atoms with E-state index in [0.717, 1.165) is 23.9 Å². The molecule has 2 N–H and O–H groups in total. The largest absolute Gasteiger partial charge is 0.492 e. The van der Waals surface area contributed by atoms with Gasteiger partial charge in [0.1, 0.15) is 18.0 Å². The molecule has 0 aromatic heterocycles. The maximum atomic E-state index is 11.5. The molecule has 0 bridgehead atoms. The maximum absolute atomic E-state index is 11.5. The predicted octanol–water partition coefficient (Wildman–Crippen LogP) is 4.36. The number of benzene rings is 1. The van der Waals surface area contributed by atoms with Gasteiger partial charge in [-0.3, -0.25) is 0 Å². The highest BCUT2D eigenvalue weighted by atomic mass is 16.6. The van der Waals surface area contributed by atoms with Crippen molar-refractivity contribution >= 4 is 11.8 Å². The minimum absolute atomic E-state index is 0.403. The van der Waals surface area contributed by atoms with Gasteiger partial charge in [0.15, 0.2) is 0 Å². The highest BCUT2D eigenvalue weighted by Gasteiger charge is 2.15. The number of nitrogens with one attached hydrogen (secondary N) is 2. The van der Waals surface area contributed by atoms with Crippen LogP contribution in [0.2, 0.25) is 0 Å². The molecular weight excluding hydrogens is 316 g/mol. The fraction of sp³-hybridized carbons (Fsp3) is 0.550. The van der Waals surface area contributed by atoms with E-state index in [9.17, 15) is 4.79 Å². The van der Waals surface area contributed by atoms with Crippen LogP contribution in [0.1, 0.15) is 40.0 Å². The zero-order chi connectivity index (χ0) is 18.1. The van der Waals surface area contributed by atoms with Gasteiger partial charge in [0.2, 0.25) is 0 Å². The molecule has 1 aliphatic rings. The highest BCUT2D eigenvalue weighted by Crippen LogP contribution is 2.20. The molecule has 0 saturated carbocycles. The second kappa shape index (κ2) is 9.35. The Balaban J connectivity index is 1.63. The molecule has 1 atom stereocenters. The van der Waals surface area contributed by atoms with E-state index >= 15 is 0 Å². The Morgan fingerprint density at radius 1 is 1.20 bits per heavy atom. The summed E-state index contributed by atoms with van der Waals surface area (Å²) in [5.41, 5.74) is 0.621. The molecule has 0 aliphatic heterocycles. The van der Waals surface area contributed by atoms with Crippen LogP contribution in [0.25, 0.3) is 0 Å². The third kappa shape index (κ3) is 7.96. The molecule has 1 aromatic carbocycles. The normalized spacial score (nSPS) is 17.0. The smallest absolute Gasteiger partial charge is 0.407 e. The molecule has 0 heterocycles. The molecule has 0 spiro atoms. The molecule has 138 valence electrons. The minimum atomic E-state index is -0.484. The number of ether oxygens (including phenoxy) is 2. The van der Waals surface area contributed by atoms with E-state index in [4.69, 9.17) is 9.47 Å². The summed E-state index contributed by atoms with van der Waals surface area (Å²) >= 11 is 0. The third-order valence-electron chi connectivity index (χ3n) is 3.87. The van der Waals surface area contributed by atoms with Crippen molar-refractivity contribution in [2.24, 2.45) is 5.92 Å². The van der Waals surface area contributed by atoms with Crippen LogP contribution >= 0.6 is 0 Å². The number of anilines is 1. The quantitative estimate of drug-likeness (QED) is 0.569. The van der Waals surface area contributed by atoms with Crippen LogP contribution in [0.5, 0.6) is 5.75 Å². The molecule has 1 aliphatic carbocycles. The predicted molar refractivity (Wildman–Crippen MR) is 101 cm³/mol. The number of alkyl carbamates (subject to hydrolysis) is 1. The first kappa shape index (κ1) is 19.2. The van der Waals surface area contributed by atoms with E-state index in [1.54, 1.807) is 0 Å². The lowest BCUT2D eigenvalue weighted by Crippen LogP contribution is -2.34. The average Bonchev–Trinajstić information content (AvgIpc) is 2.57. The summed E-state index contributed by atoms with van der Waals surface area (Å²) < 4.78 is 10.8. The van der Waals surface area contributed by atoms with Crippen molar-refractivity contribution in [1.82, 2.24) is 5.32 Å². The molecule has 2 rings (SSSR count). The maximum Gasteiger partial charge on any atom is 0.407 e. The van der Waals surface area contributed by atoms with E-state index in [0.29, 0.717) is 13.2 Å². The lowest BCUT2D eigenvalue weighted by atomic mass is 9.94. The molecule has 0 fully saturated rings. The molecule has 1 unspecified atom stereocenters. The van der Waals surface area contributed by atoms with E-state index in [1.165, 1.54) is 19.3 Å². The van der Waals surface area contributed by atoms with Crippen molar-refractivity contribution in [3.8, 4) is 5.75 Å². The topological polar surface area (TPSA) is 59.6 Å². The van der Waals surface area contributed by atoms with Gasteiger partial charge in [0.25, 0.3) is 0 Å². The number of carbonyl (C=O) groups excluding carboxylic acids is 1. The summed E-state index contributed by atoms with van der Waals surface area (Å²) in [5, 5.41) is 6.16. The van der Waals surface area contributed by atoms with Gasteiger partial charge < -0.3 is 20.1 Å². The first-order valence-electron chi connectivity index (χ1n) is 9.01. The summed E-state index contributed by atoms with van der Waals surface area (Å²) in [4.78, 5) is 11.5.